The molecule has 0 aromatic carbocycles. The van der Waals surface area contributed by atoms with Crippen molar-refractivity contribution in [3.8, 4) is 0 Å². The second-order valence-corrected chi connectivity index (χ2v) is 4.09. The molecule has 11 heavy (non-hydrogen) atoms. The lowest BCUT2D eigenvalue weighted by atomic mass is 10.2. The molecule has 4 heteroatoms. The van der Waals surface area contributed by atoms with Gasteiger partial charge in [-0.15, -0.1) is 0 Å². The second kappa shape index (κ2) is 5.04. The van der Waals surface area contributed by atoms with Crippen LogP contribution in [-0.2, 0) is 0 Å². The molecule has 3 nitrogen and oxygen atoms in total. The maximum Gasteiger partial charge on any atom is 0.0822 e. The fourth-order valence-electron chi connectivity index (χ4n) is 0.792. The number of nitrogens with zero attached hydrogens (tertiary/aromatic N) is 2. The maximum absolute atomic E-state index is 9.56. The molecule has 0 aliphatic carbocycles. The lowest BCUT2D eigenvalue weighted by Gasteiger charge is -2.27. The van der Waals surface area contributed by atoms with Gasteiger partial charge in [0, 0.05) is 12.6 Å². The van der Waals surface area contributed by atoms with Gasteiger partial charge < -0.3 is 10.0 Å². The van der Waals surface area contributed by atoms with E-state index in [1.54, 1.807) is 0 Å². The normalized spacial score (nSPS) is 17.5. The van der Waals surface area contributed by atoms with Crippen LogP contribution >= 0.6 is 9.39 Å². The molecule has 68 valence electrons. The predicted octanol–water partition coefficient (Wildman–Crippen LogP) is 0.0193. The van der Waals surface area contributed by atoms with Crippen molar-refractivity contribution in [2.45, 2.75) is 19.1 Å². The Balaban J connectivity index is 3.73. The zero-order chi connectivity index (χ0) is 9.02. The van der Waals surface area contributed by atoms with E-state index in [0.29, 0.717) is 6.54 Å². The van der Waals surface area contributed by atoms with Gasteiger partial charge in [0.25, 0.3) is 0 Å². The lowest BCUT2D eigenvalue weighted by molar-refractivity contribution is 0.0747. The molecule has 0 bridgehead atoms. The molecule has 3 unspecified atom stereocenters. The largest absolute Gasteiger partial charge is 0.390 e. The van der Waals surface area contributed by atoms with Crippen LogP contribution < -0.4 is 0 Å². The average molecular weight is 178 g/mol. The van der Waals surface area contributed by atoms with Gasteiger partial charge in [-0.3, -0.25) is 4.67 Å². The number of aliphatic hydroxyl groups excluding tert-OH is 1. The molecule has 0 radical (unpaired) electrons. The summed E-state index contributed by atoms with van der Waals surface area (Å²) in [5.74, 6) is 0. The van der Waals surface area contributed by atoms with Gasteiger partial charge in [0.05, 0.1) is 6.10 Å². The van der Waals surface area contributed by atoms with Crippen molar-refractivity contribution in [1.29, 1.82) is 0 Å². The summed E-state index contributed by atoms with van der Waals surface area (Å²) in [6.45, 7) is 2.70. The van der Waals surface area contributed by atoms with E-state index in [4.69, 9.17) is 0 Å². The Bertz CT molecular complexity index is 109. The summed E-state index contributed by atoms with van der Waals surface area (Å²) in [5, 5.41) is 9.56. The maximum atomic E-state index is 9.56. The lowest BCUT2D eigenvalue weighted by Crippen LogP contribution is -2.41. The van der Waals surface area contributed by atoms with Crippen molar-refractivity contribution in [3.63, 3.8) is 0 Å². The van der Waals surface area contributed by atoms with E-state index in [1.165, 1.54) is 0 Å². The van der Waals surface area contributed by atoms with Crippen LogP contribution in [-0.4, -0.2) is 54.5 Å². The number of hydrogen-bond acceptors (Lipinski definition) is 3. The van der Waals surface area contributed by atoms with Gasteiger partial charge in [-0.2, -0.15) is 0 Å². The smallest absolute Gasteiger partial charge is 0.0822 e. The third-order valence-corrected chi connectivity index (χ3v) is 2.06. The Hall–Kier alpha value is 0.310. The number of rotatable bonds is 4. The molecule has 1 N–H and O–H groups in total. The van der Waals surface area contributed by atoms with E-state index in [0.717, 1.165) is 0 Å². The molecule has 0 saturated carbocycles. The molecule has 0 saturated heterocycles. The van der Waals surface area contributed by atoms with Crippen molar-refractivity contribution in [1.82, 2.24) is 9.57 Å². The van der Waals surface area contributed by atoms with Crippen LogP contribution in [0.5, 0.6) is 0 Å². The highest BCUT2D eigenvalue weighted by Gasteiger charge is 2.16. The summed E-state index contributed by atoms with van der Waals surface area (Å²) >= 11 is 0. The van der Waals surface area contributed by atoms with Crippen molar-refractivity contribution in [3.05, 3.63) is 0 Å². The van der Waals surface area contributed by atoms with Gasteiger partial charge in [0.1, 0.15) is 0 Å². The molecule has 0 spiro atoms. The van der Waals surface area contributed by atoms with E-state index >= 15 is 0 Å². The summed E-state index contributed by atoms with van der Waals surface area (Å²) < 4.78 is 1.91. The molecule has 0 rings (SSSR count). The highest BCUT2D eigenvalue weighted by atomic mass is 31.0. The first-order valence-electron chi connectivity index (χ1n) is 3.75. The Labute approximate surface area is 71.6 Å². The third kappa shape index (κ3) is 4.70. The number of hydrogen-bond donors (Lipinski definition) is 1. The third-order valence-electron chi connectivity index (χ3n) is 1.85. The highest BCUT2D eigenvalue weighted by Crippen LogP contribution is 2.03. The quantitative estimate of drug-likeness (QED) is 0.615. The minimum absolute atomic E-state index is 0.206. The topological polar surface area (TPSA) is 26.7 Å². The van der Waals surface area contributed by atoms with E-state index in [9.17, 15) is 5.11 Å². The first-order chi connectivity index (χ1) is 4.95. The van der Waals surface area contributed by atoms with Crippen molar-refractivity contribution < 1.29 is 5.11 Å². The molecule has 0 heterocycles. The van der Waals surface area contributed by atoms with Gasteiger partial charge in [-0.1, -0.05) is 9.39 Å². The molecule has 0 aromatic heterocycles. The van der Waals surface area contributed by atoms with Crippen molar-refractivity contribution >= 4 is 9.39 Å². The van der Waals surface area contributed by atoms with Crippen LogP contribution in [0.1, 0.15) is 6.92 Å². The van der Waals surface area contributed by atoms with Gasteiger partial charge in [-0.05, 0) is 28.1 Å². The van der Waals surface area contributed by atoms with Crippen LogP contribution in [0.25, 0.3) is 0 Å². The zero-order valence-electron chi connectivity index (χ0n) is 7.78. The summed E-state index contributed by atoms with van der Waals surface area (Å²) in [5.41, 5.74) is 0. The molecular formula is C7H19N2OP. The van der Waals surface area contributed by atoms with Gasteiger partial charge in [0.15, 0.2) is 0 Å². The van der Waals surface area contributed by atoms with Crippen LogP contribution in [0.2, 0.25) is 0 Å². The molecule has 0 aliphatic rings. The Morgan fingerprint density at radius 1 is 1.36 bits per heavy atom. The summed E-state index contributed by atoms with van der Waals surface area (Å²) in [4.78, 5) is 2.01. The summed E-state index contributed by atoms with van der Waals surface area (Å²) in [7, 11) is 8.40. The van der Waals surface area contributed by atoms with Crippen molar-refractivity contribution in [2.24, 2.45) is 0 Å². The van der Waals surface area contributed by atoms with Crippen LogP contribution in [0.3, 0.4) is 0 Å². The van der Waals surface area contributed by atoms with E-state index in [2.05, 4.69) is 9.39 Å². The number of likely N-dealkylation sites (N-methyl/N-ethyl adjacent to an activating group) is 2. The highest BCUT2D eigenvalue weighted by molar-refractivity contribution is 7.13. The summed E-state index contributed by atoms with van der Waals surface area (Å²) in [6.07, 6.45) is -0.285. The van der Waals surface area contributed by atoms with Gasteiger partial charge in [0.2, 0.25) is 0 Å². The van der Waals surface area contributed by atoms with Crippen molar-refractivity contribution in [2.75, 3.05) is 27.7 Å². The fraction of sp³-hybridized carbons (Fsp3) is 1.00. The zero-order valence-corrected chi connectivity index (χ0v) is 8.94. The summed E-state index contributed by atoms with van der Waals surface area (Å²) in [6, 6.07) is 0.206. The fourth-order valence-corrected chi connectivity index (χ4v) is 1.01. The molecule has 0 fully saturated rings. The molecule has 3 atom stereocenters. The minimum atomic E-state index is -0.285. The van der Waals surface area contributed by atoms with Crippen LogP contribution in [0.15, 0.2) is 0 Å². The van der Waals surface area contributed by atoms with E-state index in [1.807, 2.05) is 37.6 Å². The van der Waals surface area contributed by atoms with E-state index in [-0.39, 0.29) is 12.1 Å². The average Bonchev–Trinajstić information content (AvgIpc) is 1.84. The predicted molar refractivity (Wildman–Crippen MR) is 51.5 cm³/mol. The van der Waals surface area contributed by atoms with Gasteiger partial charge in [-0.25, -0.2) is 0 Å². The first kappa shape index (κ1) is 11.3. The standard InChI is InChI=1S/C7H19N2OP/c1-6(8(2)3)7(10)5-9(4)11/h6-7,10H,5,11H2,1-4H3. The first-order valence-corrected chi connectivity index (χ1v) is 4.27. The Morgan fingerprint density at radius 2 is 1.82 bits per heavy atom. The monoisotopic (exact) mass is 178 g/mol. The minimum Gasteiger partial charge on any atom is -0.390 e. The molecular weight excluding hydrogens is 159 g/mol. The molecule has 0 amide bonds. The Kier molecular flexibility index (Phi) is 5.19. The molecule has 0 aliphatic heterocycles. The van der Waals surface area contributed by atoms with Crippen LogP contribution in [0.4, 0.5) is 0 Å². The molecule has 0 aromatic rings. The second-order valence-electron chi connectivity index (χ2n) is 3.21. The number of aliphatic hydroxyl groups is 1. The van der Waals surface area contributed by atoms with Gasteiger partial charge >= 0.3 is 0 Å². The SMILES string of the molecule is CC(C(O)CN(C)P)N(C)C. The van der Waals surface area contributed by atoms with E-state index < -0.39 is 0 Å². The Morgan fingerprint density at radius 3 is 2.09 bits per heavy atom. The van der Waals surface area contributed by atoms with Crippen LogP contribution in [0, 0.1) is 0 Å².